The third kappa shape index (κ3) is 8.72. The lowest BCUT2D eigenvalue weighted by Gasteiger charge is -2.37. The average Bonchev–Trinajstić information content (AvgIpc) is 3.86. The van der Waals surface area contributed by atoms with Gasteiger partial charge in [0.1, 0.15) is 41.9 Å². The van der Waals surface area contributed by atoms with E-state index >= 15 is 4.20 Å². The van der Waals surface area contributed by atoms with Gasteiger partial charge in [-0.2, -0.15) is 9.46 Å². The molecule has 7 rings (SSSR count). The van der Waals surface area contributed by atoms with Crippen molar-refractivity contribution in [1.29, 1.82) is 5.26 Å². The molecular weight excluding hydrogens is 771 g/mol. The van der Waals surface area contributed by atoms with E-state index in [0.29, 0.717) is 28.2 Å². The number of nitriles is 1. The van der Waals surface area contributed by atoms with Crippen molar-refractivity contribution in [2.24, 2.45) is 0 Å². The van der Waals surface area contributed by atoms with Crippen LogP contribution in [-0.2, 0) is 35.9 Å². The summed E-state index contributed by atoms with van der Waals surface area (Å²) in [6, 6.07) is 35.5. The summed E-state index contributed by atoms with van der Waals surface area (Å²) >= 11 is 5.18. The van der Waals surface area contributed by atoms with E-state index in [1.807, 2.05) is 91.0 Å². The zero-order valence-corrected chi connectivity index (χ0v) is 32.6. The molecule has 4 aromatic carbocycles. The van der Waals surface area contributed by atoms with Crippen molar-refractivity contribution < 1.29 is 37.0 Å². The second kappa shape index (κ2) is 17.7. The molecule has 4 atom stereocenters. The molecule has 1 aliphatic heterocycles. The first-order valence-corrected chi connectivity index (χ1v) is 20.4. The molecule has 13 nitrogen and oxygen atoms in total. The maximum Gasteiger partial charge on any atom is 0.366 e. The van der Waals surface area contributed by atoms with E-state index in [0.717, 1.165) is 16.7 Å². The molecule has 1 fully saturated rings. The maximum atomic E-state index is 15.9. The van der Waals surface area contributed by atoms with Gasteiger partial charge in [0.2, 0.25) is 0 Å². The predicted octanol–water partition coefficient (Wildman–Crippen LogP) is 7.90. The van der Waals surface area contributed by atoms with Crippen LogP contribution in [0.2, 0.25) is 0 Å². The number of fused-ring (bicyclic) bond motifs is 1. The van der Waals surface area contributed by atoms with Crippen molar-refractivity contribution in [2.75, 3.05) is 32.8 Å². The van der Waals surface area contributed by atoms with Crippen molar-refractivity contribution >= 4 is 41.5 Å². The van der Waals surface area contributed by atoms with Gasteiger partial charge in [0.15, 0.2) is 17.0 Å². The fourth-order valence-corrected chi connectivity index (χ4v) is 8.20. The van der Waals surface area contributed by atoms with Gasteiger partial charge in [0, 0.05) is 12.0 Å². The van der Waals surface area contributed by atoms with Gasteiger partial charge in [-0.3, -0.25) is 13.9 Å². The quantitative estimate of drug-likeness (QED) is 0.0575. The van der Waals surface area contributed by atoms with Gasteiger partial charge < -0.3 is 28.8 Å². The van der Waals surface area contributed by atoms with Crippen LogP contribution in [0.3, 0.4) is 0 Å². The first-order valence-electron chi connectivity index (χ1n) is 17.9. The Morgan fingerprint density at radius 2 is 1.54 bits per heavy atom. The molecule has 1 unspecified atom stereocenters. The number of aromatic nitrogens is 4. The number of hydrogen-bond donors (Lipinski definition) is 1. The molecule has 0 aliphatic carbocycles. The minimum Gasteiger partial charge on any atom is -0.497 e. The molecule has 1 aliphatic rings. The number of amides is 1. The van der Waals surface area contributed by atoms with Gasteiger partial charge in [0.05, 0.1) is 46.3 Å². The summed E-state index contributed by atoms with van der Waals surface area (Å²) in [7, 11) is 3.20. The molecule has 0 saturated carbocycles. The van der Waals surface area contributed by atoms with Crippen molar-refractivity contribution in [3.8, 4) is 17.6 Å². The van der Waals surface area contributed by atoms with Crippen LogP contribution >= 0.6 is 6.80 Å². The zero-order valence-electron chi connectivity index (χ0n) is 30.9. The number of anilines is 1. The highest BCUT2D eigenvalue weighted by molar-refractivity contribution is 8.07. The Kier molecular flexibility index (Phi) is 12.3. The highest BCUT2D eigenvalue weighted by atomic mass is 32.5. The Morgan fingerprint density at radius 1 is 0.930 bits per heavy atom. The number of imidazole rings is 1. The Morgan fingerprint density at radius 3 is 2.16 bits per heavy atom. The standard InChI is InChI=1S/C41H38FN6O7PS/c1-50-32-18-14-30(15-19-32)41(29-12-7-4-8-13-29,31-16-20-33(51-2)21-17-31)52-25-35-34(55-56(42,57)53-23-9-22-43)24-36(54-35)48-27-46-37-38(44-26-45-39(37)48)47-40(49)28-10-5-3-6-11-28/h3-8,10-21,26-27,34-36H,9,23-25H2,1-2H3,(H,44,45,47,49)/t34-,35+,36+,56?/m0/s1. The Hall–Kier alpha value is -5.59. The Balaban J connectivity index is 1.25. The Labute approximate surface area is 333 Å². The second-order valence-corrected chi connectivity index (χ2v) is 15.5. The minimum atomic E-state index is -4.35. The summed E-state index contributed by atoms with van der Waals surface area (Å²) in [5, 5.41) is 11.8. The average molecular weight is 809 g/mol. The van der Waals surface area contributed by atoms with Crippen molar-refractivity contribution in [1.82, 2.24) is 19.5 Å². The number of carbonyl (C=O) groups is 1. The van der Waals surface area contributed by atoms with Gasteiger partial charge >= 0.3 is 6.80 Å². The number of benzene rings is 4. The topological polar surface area (TPSA) is 152 Å². The summed E-state index contributed by atoms with van der Waals surface area (Å²) < 4.78 is 53.5. The minimum absolute atomic E-state index is 0.0603. The number of nitrogens with one attached hydrogen (secondary N) is 1. The number of ether oxygens (including phenoxy) is 4. The smallest absolute Gasteiger partial charge is 0.366 e. The van der Waals surface area contributed by atoms with Crippen LogP contribution in [0.15, 0.2) is 122 Å². The number of nitrogens with zero attached hydrogens (tertiary/aromatic N) is 5. The van der Waals surface area contributed by atoms with E-state index in [4.69, 9.17) is 45.1 Å². The van der Waals surface area contributed by atoms with Crippen molar-refractivity contribution in [3.63, 3.8) is 0 Å². The van der Waals surface area contributed by atoms with E-state index < -0.39 is 30.8 Å². The van der Waals surface area contributed by atoms with Crippen molar-refractivity contribution in [2.45, 2.75) is 36.9 Å². The monoisotopic (exact) mass is 808 g/mol. The zero-order chi connectivity index (χ0) is 39.8. The summed E-state index contributed by atoms with van der Waals surface area (Å²) in [4.78, 5) is 26.3. The number of hydrogen-bond acceptors (Lipinski definition) is 12. The molecule has 57 heavy (non-hydrogen) atoms. The molecule has 1 saturated heterocycles. The molecular formula is C41H38FN6O7PS. The maximum absolute atomic E-state index is 15.9. The fourth-order valence-electron chi connectivity index (χ4n) is 6.73. The molecule has 0 spiro atoms. The van der Waals surface area contributed by atoms with Gasteiger partial charge in [0.25, 0.3) is 5.91 Å². The number of carbonyl (C=O) groups excluding carboxylic acids is 1. The Bertz CT molecular complexity index is 2340. The van der Waals surface area contributed by atoms with Crippen LogP contribution in [0.1, 0.15) is 46.1 Å². The summed E-state index contributed by atoms with van der Waals surface area (Å²) in [5.74, 6) is 1.16. The highest BCUT2D eigenvalue weighted by Crippen LogP contribution is 2.54. The van der Waals surface area contributed by atoms with Crippen LogP contribution < -0.4 is 14.8 Å². The summed E-state index contributed by atoms with van der Waals surface area (Å²) in [5.41, 5.74) is 2.28. The summed E-state index contributed by atoms with van der Waals surface area (Å²) in [6.07, 6.45) is 0.210. The number of halogens is 1. The third-order valence-corrected chi connectivity index (χ3v) is 11.1. The lowest BCUT2D eigenvalue weighted by molar-refractivity contribution is -0.0909. The molecule has 6 aromatic rings. The highest BCUT2D eigenvalue weighted by Gasteiger charge is 2.45. The van der Waals surface area contributed by atoms with E-state index in [-0.39, 0.29) is 37.8 Å². The molecule has 1 amide bonds. The SMILES string of the molecule is COc1ccc(C(OC[C@H]2O[C@@H](n3cnc4c(NC(=O)c5ccccc5)ncnc43)C[C@@H]2OP(F)(=S)OCCC#N)(c2ccccc2)c2ccc(OC)cc2)cc1. The third-order valence-electron chi connectivity index (χ3n) is 9.48. The van der Waals surface area contributed by atoms with Gasteiger partial charge in [-0.25, -0.2) is 15.0 Å². The number of rotatable bonds is 16. The van der Waals surface area contributed by atoms with Crippen LogP contribution in [0.5, 0.6) is 11.5 Å². The predicted molar refractivity (Wildman–Crippen MR) is 213 cm³/mol. The molecule has 0 radical (unpaired) electrons. The lowest BCUT2D eigenvalue weighted by Crippen LogP contribution is -2.38. The first kappa shape index (κ1) is 39.6. The van der Waals surface area contributed by atoms with Crippen LogP contribution in [0.25, 0.3) is 11.2 Å². The molecule has 16 heteroatoms. The lowest BCUT2D eigenvalue weighted by atomic mass is 9.80. The van der Waals surface area contributed by atoms with Gasteiger partial charge in [-0.15, -0.1) is 0 Å². The molecule has 1 N–H and O–H groups in total. The fraction of sp³-hybridized carbons (Fsp3) is 0.244. The van der Waals surface area contributed by atoms with E-state index in [1.165, 1.54) is 12.7 Å². The van der Waals surface area contributed by atoms with Crippen LogP contribution in [0.4, 0.5) is 10.0 Å². The largest absolute Gasteiger partial charge is 0.497 e. The molecule has 3 heterocycles. The van der Waals surface area contributed by atoms with Gasteiger partial charge in [-0.05, 0) is 64.9 Å². The molecule has 2 aromatic heterocycles. The van der Waals surface area contributed by atoms with E-state index in [1.54, 1.807) is 43.1 Å². The molecule has 292 valence electrons. The van der Waals surface area contributed by atoms with E-state index in [2.05, 4.69) is 20.3 Å². The van der Waals surface area contributed by atoms with Crippen LogP contribution in [-0.4, -0.2) is 65.1 Å². The van der Waals surface area contributed by atoms with Crippen LogP contribution in [0, 0.1) is 11.3 Å². The second-order valence-electron chi connectivity index (χ2n) is 12.9. The van der Waals surface area contributed by atoms with Crippen molar-refractivity contribution in [3.05, 3.63) is 144 Å². The van der Waals surface area contributed by atoms with E-state index in [9.17, 15) is 4.79 Å². The van der Waals surface area contributed by atoms with Gasteiger partial charge in [-0.1, -0.05) is 72.8 Å². The summed E-state index contributed by atoms with van der Waals surface area (Å²) in [6.45, 7) is -4.69. The molecule has 0 bridgehead atoms. The normalized spacial score (nSPS) is 17.8. The number of methoxy groups -OCH3 is 2. The first-order chi connectivity index (χ1) is 27.7.